The van der Waals surface area contributed by atoms with Gasteiger partial charge in [0, 0.05) is 28.2 Å². The van der Waals surface area contributed by atoms with Gasteiger partial charge < -0.3 is 10.4 Å². The Bertz CT molecular complexity index is 466. The van der Waals surface area contributed by atoms with Gasteiger partial charge in [-0.05, 0) is 18.9 Å². The van der Waals surface area contributed by atoms with Gasteiger partial charge in [-0.15, -0.1) is 11.3 Å². The first kappa shape index (κ1) is 13.1. The van der Waals surface area contributed by atoms with Gasteiger partial charge in [0.25, 0.3) is 0 Å². The molecule has 1 heterocycles. The second-order valence-corrected chi connectivity index (χ2v) is 5.42. The zero-order valence-corrected chi connectivity index (χ0v) is 11.1. The topological polar surface area (TPSA) is 49.3 Å². The maximum atomic E-state index is 11.7. The van der Waals surface area contributed by atoms with E-state index >= 15 is 0 Å². The molecule has 0 radical (unpaired) electrons. The van der Waals surface area contributed by atoms with Crippen molar-refractivity contribution in [1.29, 1.82) is 0 Å². The Hall–Kier alpha value is -1.31. The number of amides is 1. The molecule has 96 valence electrons. The first-order valence-electron chi connectivity index (χ1n) is 6.24. The molecule has 0 bridgehead atoms. The molecule has 0 aliphatic heterocycles. The highest BCUT2D eigenvalue weighted by molar-refractivity contribution is 7.10. The van der Waals surface area contributed by atoms with Crippen molar-refractivity contribution in [2.75, 3.05) is 6.61 Å². The molecule has 1 aliphatic carbocycles. The maximum absolute atomic E-state index is 11.7. The molecule has 0 saturated heterocycles. The van der Waals surface area contributed by atoms with Crippen LogP contribution in [0.4, 0.5) is 0 Å². The van der Waals surface area contributed by atoms with Gasteiger partial charge in [-0.25, -0.2) is 0 Å². The fourth-order valence-corrected chi connectivity index (χ4v) is 2.50. The molecule has 4 heteroatoms. The van der Waals surface area contributed by atoms with E-state index in [2.05, 4.69) is 17.2 Å². The summed E-state index contributed by atoms with van der Waals surface area (Å²) in [6, 6.07) is 2.00. The normalized spacial score (nSPS) is 14.5. The third-order valence-electron chi connectivity index (χ3n) is 3.04. The minimum absolute atomic E-state index is 0.0987. The van der Waals surface area contributed by atoms with Crippen LogP contribution in [0.25, 0.3) is 0 Å². The van der Waals surface area contributed by atoms with Gasteiger partial charge in [0.15, 0.2) is 0 Å². The van der Waals surface area contributed by atoms with Gasteiger partial charge in [0.1, 0.15) is 0 Å². The SMILES string of the molecule is O=C(NCc1cc(C#CCCO)cs1)C1CCC1. The second kappa shape index (κ2) is 6.58. The van der Waals surface area contributed by atoms with Crippen molar-refractivity contribution in [2.24, 2.45) is 5.92 Å². The lowest BCUT2D eigenvalue weighted by Gasteiger charge is -2.23. The largest absolute Gasteiger partial charge is 0.395 e. The summed E-state index contributed by atoms with van der Waals surface area (Å²) in [7, 11) is 0. The van der Waals surface area contributed by atoms with Crippen LogP contribution in [-0.2, 0) is 11.3 Å². The summed E-state index contributed by atoms with van der Waals surface area (Å²) in [6.07, 6.45) is 3.76. The fraction of sp³-hybridized carbons (Fsp3) is 0.500. The Morgan fingerprint density at radius 1 is 1.56 bits per heavy atom. The highest BCUT2D eigenvalue weighted by Gasteiger charge is 2.24. The zero-order chi connectivity index (χ0) is 12.8. The molecule has 1 saturated carbocycles. The van der Waals surface area contributed by atoms with Crippen molar-refractivity contribution in [3.63, 3.8) is 0 Å². The highest BCUT2D eigenvalue weighted by Crippen LogP contribution is 2.26. The average Bonchev–Trinajstić information content (AvgIpc) is 2.72. The number of aliphatic hydroxyl groups excluding tert-OH is 1. The third-order valence-corrected chi connectivity index (χ3v) is 3.97. The Labute approximate surface area is 111 Å². The van der Waals surface area contributed by atoms with E-state index in [0.29, 0.717) is 13.0 Å². The van der Waals surface area contributed by atoms with E-state index in [9.17, 15) is 4.79 Å². The molecule has 2 rings (SSSR count). The van der Waals surface area contributed by atoms with Crippen LogP contribution in [0.5, 0.6) is 0 Å². The molecule has 18 heavy (non-hydrogen) atoms. The summed E-state index contributed by atoms with van der Waals surface area (Å²) in [5, 5.41) is 13.6. The van der Waals surface area contributed by atoms with Crippen LogP contribution in [0.2, 0.25) is 0 Å². The molecule has 1 fully saturated rings. The van der Waals surface area contributed by atoms with E-state index in [-0.39, 0.29) is 18.4 Å². The van der Waals surface area contributed by atoms with Crippen molar-refractivity contribution in [3.05, 3.63) is 21.9 Å². The summed E-state index contributed by atoms with van der Waals surface area (Å²) in [5.41, 5.74) is 0.960. The second-order valence-electron chi connectivity index (χ2n) is 4.42. The van der Waals surface area contributed by atoms with Crippen molar-refractivity contribution < 1.29 is 9.90 Å². The standard InChI is InChI=1S/C14H17NO2S/c16-7-2-1-4-11-8-13(18-10-11)9-15-14(17)12-5-3-6-12/h8,10,12,16H,2-3,5-7,9H2,(H,15,17). The van der Waals surface area contributed by atoms with Crippen LogP contribution in [0.15, 0.2) is 11.4 Å². The zero-order valence-electron chi connectivity index (χ0n) is 10.2. The summed E-state index contributed by atoms with van der Waals surface area (Å²) in [5.74, 6) is 6.30. The number of carbonyl (C=O) groups is 1. The summed E-state index contributed by atoms with van der Waals surface area (Å²) < 4.78 is 0. The number of nitrogens with one attached hydrogen (secondary N) is 1. The summed E-state index contributed by atoms with van der Waals surface area (Å²) >= 11 is 1.61. The molecule has 1 aromatic rings. The van der Waals surface area contributed by atoms with Gasteiger partial charge in [0.2, 0.25) is 5.91 Å². The molecule has 1 amide bonds. The predicted octanol–water partition coefficient (Wildman–Crippen LogP) is 1.90. The number of carbonyl (C=O) groups excluding carboxylic acids is 1. The van der Waals surface area contributed by atoms with Crippen LogP contribution < -0.4 is 5.32 Å². The number of rotatable bonds is 4. The van der Waals surface area contributed by atoms with Crippen LogP contribution in [0, 0.1) is 17.8 Å². The molecule has 0 atom stereocenters. The van der Waals surface area contributed by atoms with E-state index in [4.69, 9.17) is 5.11 Å². The number of hydrogen-bond acceptors (Lipinski definition) is 3. The van der Waals surface area contributed by atoms with Crippen molar-refractivity contribution in [3.8, 4) is 11.8 Å². The Morgan fingerprint density at radius 3 is 3.06 bits per heavy atom. The average molecular weight is 263 g/mol. The molecule has 3 nitrogen and oxygen atoms in total. The summed E-state index contributed by atoms with van der Waals surface area (Å²) in [4.78, 5) is 12.8. The monoisotopic (exact) mass is 263 g/mol. The summed E-state index contributed by atoms with van der Waals surface area (Å²) in [6.45, 7) is 0.698. The Morgan fingerprint density at radius 2 is 2.39 bits per heavy atom. The number of thiophene rings is 1. The predicted molar refractivity (Wildman–Crippen MR) is 72.1 cm³/mol. The smallest absolute Gasteiger partial charge is 0.223 e. The quantitative estimate of drug-likeness (QED) is 0.815. The van der Waals surface area contributed by atoms with Crippen molar-refractivity contribution in [2.45, 2.75) is 32.2 Å². The fourth-order valence-electron chi connectivity index (χ4n) is 1.75. The first-order valence-corrected chi connectivity index (χ1v) is 7.12. The van der Waals surface area contributed by atoms with Gasteiger partial charge in [-0.1, -0.05) is 18.3 Å². The van der Waals surface area contributed by atoms with E-state index in [1.54, 1.807) is 11.3 Å². The van der Waals surface area contributed by atoms with Crippen LogP contribution in [0.3, 0.4) is 0 Å². The molecule has 1 aromatic heterocycles. The molecule has 0 spiro atoms. The van der Waals surface area contributed by atoms with Gasteiger partial charge in [-0.3, -0.25) is 4.79 Å². The van der Waals surface area contributed by atoms with E-state index in [0.717, 1.165) is 23.3 Å². The molecular weight excluding hydrogens is 246 g/mol. The molecular formula is C14H17NO2S. The third kappa shape index (κ3) is 3.59. The van der Waals surface area contributed by atoms with Crippen LogP contribution >= 0.6 is 11.3 Å². The minimum Gasteiger partial charge on any atom is -0.395 e. The molecule has 1 aliphatic rings. The number of hydrogen-bond donors (Lipinski definition) is 2. The number of aliphatic hydroxyl groups is 1. The van der Waals surface area contributed by atoms with Gasteiger partial charge >= 0.3 is 0 Å². The van der Waals surface area contributed by atoms with Crippen molar-refractivity contribution >= 4 is 17.2 Å². The van der Waals surface area contributed by atoms with Crippen molar-refractivity contribution in [1.82, 2.24) is 5.32 Å². The lowest BCUT2D eigenvalue weighted by molar-refractivity contribution is -0.127. The van der Waals surface area contributed by atoms with Gasteiger partial charge in [0.05, 0.1) is 13.2 Å². The van der Waals surface area contributed by atoms with Crippen LogP contribution in [-0.4, -0.2) is 17.6 Å². The van der Waals surface area contributed by atoms with E-state index in [1.807, 2.05) is 11.4 Å². The first-order chi connectivity index (χ1) is 8.79. The van der Waals surface area contributed by atoms with Gasteiger partial charge in [-0.2, -0.15) is 0 Å². The lowest BCUT2D eigenvalue weighted by Crippen LogP contribution is -2.33. The highest BCUT2D eigenvalue weighted by atomic mass is 32.1. The maximum Gasteiger partial charge on any atom is 0.223 e. The van der Waals surface area contributed by atoms with E-state index < -0.39 is 0 Å². The van der Waals surface area contributed by atoms with Crippen LogP contribution in [0.1, 0.15) is 36.1 Å². The minimum atomic E-state index is 0.0987. The lowest BCUT2D eigenvalue weighted by atomic mass is 9.85. The molecule has 2 N–H and O–H groups in total. The Balaban J connectivity index is 1.79. The molecule has 0 unspecified atom stereocenters. The van der Waals surface area contributed by atoms with E-state index in [1.165, 1.54) is 6.42 Å². The Kier molecular flexibility index (Phi) is 4.80. The molecule has 0 aromatic carbocycles.